The van der Waals surface area contributed by atoms with Gasteiger partial charge in [0.05, 0.1) is 36.5 Å². The molecule has 1 heterocycles. The summed E-state index contributed by atoms with van der Waals surface area (Å²) in [6, 6.07) is 3.48. The maximum absolute atomic E-state index is 11.7. The largest absolute Gasteiger partial charge is 0.495 e. The van der Waals surface area contributed by atoms with Crippen molar-refractivity contribution in [2.24, 2.45) is 0 Å². The van der Waals surface area contributed by atoms with Crippen molar-refractivity contribution in [3.05, 3.63) is 12.1 Å². The molecule has 0 radical (unpaired) electrons. The molecule has 1 aromatic carbocycles. The number of nitrogens with one attached hydrogen (secondary N) is 1. The second kappa shape index (κ2) is 5.87. The summed E-state index contributed by atoms with van der Waals surface area (Å²) in [6.45, 7) is 1.37. The van der Waals surface area contributed by atoms with Crippen molar-refractivity contribution in [1.82, 2.24) is 4.98 Å². The van der Waals surface area contributed by atoms with E-state index in [0.717, 1.165) is 4.70 Å². The standard InChI is InChI=1S/C13H14N2O4S/c1-7(16)4-12(17)14-8-5-9-11(6-10(8)18-2)20-13(15-9)19-3/h5-6H,4H2,1-3H3,(H,14,17). The Morgan fingerprint density at radius 1 is 1.30 bits per heavy atom. The Kier molecular flexibility index (Phi) is 4.19. The van der Waals surface area contributed by atoms with Gasteiger partial charge in [-0.05, 0) is 13.0 Å². The van der Waals surface area contributed by atoms with Crippen molar-refractivity contribution >= 4 is 38.9 Å². The van der Waals surface area contributed by atoms with Crippen molar-refractivity contribution in [2.75, 3.05) is 19.5 Å². The number of anilines is 1. The van der Waals surface area contributed by atoms with Gasteiger partial charge in [-0.3, -0.25) is 9.59 Å². The molecule has 0 spiro atoms. The van der Waals surface area contributed by atoms with Gasteiger partial charge in [0.25, 0.3) is 5.19 Å². The number of amides is 1. The summed E-state index contributed by atoms with van der Waals surface area (Å²) in [4.78, 5) is 26.9. The number of carbonyl (C=O) groups is 2. The van der Waals surface area contributed by atoms with Crippen LogP contribution in [0.5, 0.6) is 10.9 Å². The number of hydrogen-bond donors (Lipinski definition) is 1. The molecule has 1 amide bonds. The third-order valence-corrected chi connectivity index (χ3v) is 3.53. The molecule has 2 aromatic rings. The van der Waals surface area contributed by atoms with Crippen LogP contribution in [0, 0.1) is 0 Å². The summed E-state index contributed by atoms with van der Waals surface area (Å²) in [7, 11) is 3.06. The van der Waals surface area contributed by atoms with E-state index < -0.39 is 0 Å². The first-order valence-corrected chi connectivity index (χ1v) is 6.67. The third-order valence-electron chi connectivity index (χ3n) is 2.55. The Hall–Kier alpha value is -2.15. The molecule has 0 fully saturated rings. The third kappa shape index (κ3) is 3.05. The first-order valence-electron chi connectivity index (χ1n) is 5.85. The van der Waals surface area contributed by atoms with Crippen LogP contribution in [-0.2, 0) is 9.59 Å². The average molecular weight is 294 g/mol. The van der Waals surface area contributed by atoms with E-state index in [1.54, 1.807) is 19.2 Å². The molecular formula is C13H14N2O4S. The molecule has 0 saturated heterocycles. The molecule has 2 rings (SSSR count). The van der Waals surface area contributed by atoms with E-state index in [1.807, 2.05) is 0 Å². The number of ether oxygens (including phenoxy) is 2. The van der Waals surface area contributed by atoms with E-state index in [9.17, 15) is 9.59 Å². The monoisotopic (exact) mass is 294 g/mol. The maximum Gasteiger partial charge on any atom is 0.274 e. The molecule has 0 aliphatic heterocycles. The fraction of sp³-hybridized carbons (Fsp3) is 0.308. The van der Waals surface area contributed by atoms with Gasteiger partial charge in [-0.15, -0.1) is 0 Å². The van der Waals surface area contributed by atoms with E-state index in [2.05, 4.69) is 10.3 Å². The van der Waals surface area contributed by atoms with Crippen molar-refractivity contribution in [1.29, 1.82) is 0 Å². The lowest BCUT2D eigenvalue weighted by atomic mass is 10.2. The van der Waals surface area contributed by atoms with Crippen molar-refractivity contribution in [2.45, 2.75) is 13.3 Å². The zero-order valence-corrected chi connectivity index (χ0v) is 12.2. The average Bonchev–Trinajstić information content (AvgIpc) is 2.78. The fourth-order valence-corrected chi connectivity index (χ4v) is 2.50. The first kappa shape index (κ1) is 14.3. The quantitative estimate of drug-likeness (QED) is 0.856. The number of carbonyl (C=O) groups excluding carboxylic acids is 2. The van der Waals surface area contributed by atoms with Crippen LogP contribution < -0.4 is 14.8 Å². The highest BCUT2D eigenvalue weighted by Crippen LogP contribution is 2.35. The topological polar surface area (TPSA) is 77.5 Å². The molecule has 1 aromatic heterocycles. The van der Waals surface area contributed by atoms with Gasteiger partial charge in [0.15, 0.2) is 0 Å². The molecule has 0 aliphatic carbocycles. The van der Waals surface area contributed by atoms with Gasteiger partial charge in [-0.25, -0.2) is 4.98 Å². The Morgan fingerprint density at radius 3 is 2.65 bits per heavy atom. The number of Topliss-reactive ketones (excluding diaryl/α,β-unsaturated/α-hetero) is 1. The highest BCUT2D eigenvalue weighted by molar-refractivity contribution is 7.20. The summed E-state index contributed by atoms with van der Waals surface area (Å²) in [6.07, 6.45) is -0.165. The fourth-order valence-electron chi connectivity index (χ4n) is 1.71. The van der Waals surface area contributed by atoms with Gasteiger partial charge in [0.2, 0.25) is 5.91 Å². The number of benzene rings is 1. The molecule has 0 atom stereocenters. The van der Waals surface area contributed by atoms with Crippen molar-refractivity contribution in [3.63, 3.8) is 0 Å². The van der Waals surface area contributed by atoms with E-state index in [4.69, 9.17) is 9.47 Å². The SMILES string of the molecule is COc1nc2cc(NC(=O)CC(C)=O)c(OC)cc2s1. The number of aromatic nitrogens is 1. The normalized spacial score (nSPS) is 10.3. The summed E-state index contributed by atoms with van der Waals surface area (Å²) >= 11 is 1.38. The van der Waals surface area contributed by atoms with Gasteiger partial charge >= 0.3 is 0 Å². The summed E-state index contributed by atoms with van der Waals surface area (Å²) < 4.78 is 11.2. The van der Waals surface area contributed by atoms with Crippen LogP contribution in [0.15, 0.2) is 12.1 Å². The predicted molar refractivity (Wildman–Crippen MR) is 76.7 cm³/mol. The van der Waals surface area contributed by atoms with Crippen LogP contribution in [0.2, 0.25) is 0 Å². The Labute approximate surface area is 119 Å². The number of methoxy groups -OCH3 is 2. The molecule has 6 nitrogen and oxygen atoms in total. The number of thiazole rings is 1. The van der Waals surface area contributed by atoms with Crippen LogP contribution in [0.3, 0.4) is 0 Å². The zero-order chi connectivity index (χ0) is 14.7. The molecule has 0 bridgehead atoms. The minimum atomic E-state index is -0.377. The molecule has 0 saturated carbocycles. The van der Waals surface area contributed by atoms with Gasteiger partial charge in [-0.1, -0.05) is 11.3 Å². The number of ketones is 1. The van der Waals surface area contributed by atoms with Gasteiger partial charge in [-0.2, -0.15) is 0 Å². The van der Waals surface area contributed by atoms with E-state index >= 15 is 0 Å². The van der Waals surface area contributed by atoms with E-state index in [0.29, 0.717) is 22.1 Å². The van der Waals surface area contributed by atoms with E-state index in [1.165, 1.54) is 25.4 Å². The number of fused-ring (bicyclic) bond motifs is 1. The lowest BCUT2D eigenvalue weighted by molar-refractivity contribution is -0.124. The lowest BCUT2D eigenvalue weighted by Gasteiger charge is -2.09. The number of hydrogen-bond acceptors (Lipinski definition) is 6. The van der Waals surface area contributed by atoms with Crippen molar-refractivity contribution < 1.29 is 19.1 Å². The smallest absolute Gasteiger partial charge is 0.274 e. The first-order chi connectivity index (χ1) is 9.53. The highest BCUT2D eigenvalue weighted by atomic mass is 32.1. The number of nitrogens with zero attached hydrogens (tertiary/aromatic N) is 1. The predicted octanol–water partition coefficient (Wildman–Crippen LogP) is 2.23. The molecule has 20 heavy (non-hydrogen) atoms. The Balaban J connectivity index is 2.35. The molecule has 7 heteroatoms. The number of rotatable bonds is 5. The van der Waals surface area contributed by atoms with Crippen LogP contribution in [0.4, 0.5) is 5.69 Å². The molecule has 106 valence electrons. The van der Waals surface area contributed by atoms with Gasteiger partial charge < -0.3 is 14.8 Å². The van der Waals surface area contributed by atoms with Gasteiger partial charge in [0, 0.05) is 6.07 Å². The highest BCUT2D eigenvalue weighted by Gasteiger charge is 2.13. The maximum atomic E-state index is 11.7. The molecular weight excluding hydrogens is 280 g/mol. The molecule has 0 aliphatic rings. The summed E-state index contributed by atoms with van der Waals surface area (Å²) in [5.41, 5.74) is 1.19. The lowest BCUT2D eigenvalue weighted by Crippen LogP contribution is -2.15. The molecule has 0 unspecified atom stereocenters. The minimum absolute atomic E-state index is 0.165. The van der Waals surface area contributed by atoms with Crippen molar-refractivity contribution in [3.8, 4) is 10.9 Å². The molecule has 1 N–H and O–H groups in total. The van der Waals surface area contributed by atoms with Crippen LogP contribution in [-0.4, -0.2) is 30.9 Å². The zero-order valence-electron chi connectivity index (χ0n) is 11.4. The Morgan fingerprint density at radius 2 is 2.05 bits per heavy atom. The second-order valence-corrected chi connectivity index (χ2v) is 5.12. The van der Waals surface area contributed by atoms with Crippen LogP contribution >= 0.6 is 11.3 Å². The van der Waals surface area contributed by atoms with Crippen LogP contribution in [0.25, 0.3) is 10.2 Å². The van der Waals surface area contributed by atoms with E-state index in [-0.39, 0.29) is 18.1 Å². The minimum Gasteiger partial charge on any atom is -0.495 e. The summed E-state index contributed by atoms with van der Waals surface area (Å²) in [5.74, 6) is -0.0593. The van der Waals surface area contributed by atoms with Crippen LogP contribution in [0.1, 0.15) is 13.3 Å². The Bertz CT molecular complexity index is 666. The summed E-state index contributed by atoms with van der Waals surface area (Å²) in [5, 5.41) is 3.19. The van der Waals surface area contributed by atoms with Gasteiger partial charge in [0.1, 0.15) is 11.5 Å². The second-order valence-electron chi connectivity index (χ2n) is 4.13.